The molecule has 3 heterocycles. The molecule has 1 aromatic heterocycles. The van der Waals surface area contributed by atoms with Gasteiger partial charge in [-0.2, -0.15) is 0 Å². The number of hydrogen-bond donors (Lipinski definition) is 0. The standard InChI is InChI=1S/C23H33N3O3/c1-4-29-23(27)26-14-10-18(11-15-26)25-12-8-17(9-13-25)19-16-24(2)20-6-5-7-21(28-3)22(19)20/h5-7,16-18H,4,8-15H2,1-3H3. The van der Waals surface area contributed by atoms with Gasteiger partial charge in [0, 0.05) is 37.8 Å². The van der Waals surface area contributed by atoms with Gasteiger partial charge in [0.05, 0.1) is 19.2 Å². The Morgan fingerprint density at radius 1 is 1.10 bits per heavy atom. The van der Waals surface area contributed by atoms with E-state index in [1.165, 1.54) is 29.3 Å². The van der Waals surface area contributed by atoms with E-state index in [-0.39, 0.29) is 6.09 Å². The second-order valence-electron chi connectivity index (χ2n) is 8.28. The van der Waals surface area contributed by atoms with Crippen molar-refractivity contribution in [3.8, 4) is 5.75 Å². The minimum atomic E-state index is -0.158. The summed E-state index contributed by atoms with van der Waals surface area (Å²) in [6, 6.07) is 6.89. The molecule has 4 rings (SSSR count). The van der Waals surface area contributed by atoms with Gasteiger partial charge in [0.1, 0.15) is 5.75 Å². The van der Waals surface area contributed by atoms with Crippen LogP contribution in [0.5, 0.6) is 5.75 Å². The molecule has 2 aliphatic rings. The van der Waals surface area contributed by atoms with Crippen LogP contribution in [0.1, 0.15) is 44.1 Å². The van der Waals surface area contributed by atoms with Gasteiger partial charge in [-0.15, -0.1) is 0 Å². The first-order valence-corrected chi connectivity index (χ1v) is 10.9. The number of carbonyl (C=O) groups is 1. The van der Waals surface area contributed by atoms with Gasteiger partial charge in [-0.3, -0.25) is 0 Å². The monoisotopic (exact) mass is 399 g/mol. The van der Waals surface area contributed by atoms with E-state index in [9.17, 15) is 4.79 Å². The average molecular weight is 400 g/mol. The number of ether oxygens (including phenoxy) is 2. The Kier molecular flexibility index (Phi) is 5.99. The van der Waals surface area contributed by atoms with Gasteiger partial charge >= 0.3 is 6.09 Å². The molecule has 0 N–H and O–H groups in total. The maximum atomic E-state index is 11.9. The van der Waals surface area contributed by atoms with Gasteiger partial charge in [0.25, 0.3) is 0 Å². The average Bonchev–Trinajstić information content (AvgIpc) is 3.11. The fraction of sp³-hybridized carbons (Fsp3) is 0.609. The number of nitrogens with zero attached hydrogens (tertiary/aromatic N) is 3. The number of aryl methyl sites for hydroxylation is 1. The van der Waals surface area contributed by atoms with Crippen LogP contribution in [0.15, 0.2) is 24.4 Å². The highest BCUT2D eigenvalue weighted by Gasteiger charge is 2.31. The first-order chi connectivity index (χ1) is 14.1. The molecule has 6 heteroatoms. The molecule has 2 aromatic rings. The van der Waals surface area contributed by atoms with Gasteiger partial charge in [0.2, 0.25) is 0 Å². The van der Waals surface area contributed by atoms with E-state index in [1.54, 1.807) is 7.11 Å². The normalized spacial score (nSPS) is 19.6. The van der Waals surface area contributed by atoms with Gasteiger partial charge in [-0.25, -0.2) is 4.79 Å². The third-order valence-corrected chi connectivity index (χ3v) is 6.70. The lowest BCUT2D eigenvalue weighted by atomic mass is 9.87. The van der Waals surface area contributed by atoms with Crippen LogP contribution in [0.2, 0.25) is 0 Å². The van der Waals surface area contributed by atoms with Crippen LogP contribution < -0.4 is 4.74 Å². The smallest absolute Gasteiger partial charge is 0.409 e. The maximum Gasteiger partial charge on any atom is 0.409 e. The summed E-state index contributed by atoms with van der Waals surface area (Å²) in [4.78, 5) is 16.4. The van der Waals surface area contributed by atoms with Crippen molar-refractivity contribution < 1.29 is 14.3 Å². The van der Waals surface area contributed by atoms with Gasteiger partial charge < -0.3 is 23.8 Å². The van der Waals surface area contributed by atoms with Crippen LogP contribution in [-0.2, 0) is 11.8 Å². The van der Waals surface area contributed by atoms with Crippen molar-refractivity contribution in [2.24, 2.45) is 7.05 Å². The van der Waals surface area contributed by atoms with E-state index >= 15 is 0 Å². The fourth-order valence-electron chi connectivity index (χ4n) is 5.13. The molecule has 0 radical (unpaired) electrons. The Morgan fingerprint density at radius 2 is 1.83 bits per heavy atom. The number of benzene rings is 1. The predicted octanol–water partition coefficient (Wildman–Crippen LogP) is 3.99. The van der Waals surface area contributed by atoms with Crippen molar-refractivity contribution in [1.29, 1.82) is 0 Å². The van der Waals surface area contributed by atoms with Crippen molar-refractivity contribution in [3.63, 3.8) is 0 Å². The first kappa shape index (κ1) is 20.1. The molecule has 158 valence electrons. The Labute approximate surface area is 173 Å². The van der Waals surface area contributed by atoms with E-state index in [2.05, 4.69) is 40.9 Å². The Morgan fingerprint density at radius 3 is 2.48 bits per heavy atom. The highest BCUT2D eigenvalue weighted by molar-refractivity contribution is 5.90. The van der Waals surface area contributed by atoms with Crippen LogP contribution in [0, 0.1) is 0 Å². The summed E-state index contributed by atoms with van der Waals surface area (Å²) in [6.45, 7) is 6.18. The fourth-order valence-corrected chi connectivity index (χ4v) is 5.13. The second kappa shape index (κ2) is 8.66. The molecule has 0 saturated carbocycles. The van der Waals surface area contributed by atoms with Crippen LogP contribution in [-0.4, -0.2) is 66.4 Å². The number of amides is 1. The Hall–Kier alpha value is -2.21. The number of carbonyl (C=O) groups excluding carboxylic acids is 1. The molecule has 2 fully saturated rings. The van der Waals surface area contributed by atoms with Crippen LogP contribution in [0.25, 0.3) is 10.9 Å². The second-order valence-corrected chi connectivity index (χ2v) is 8.28. The zero-order chi connectivity index (χ0) is 20.4. The number of aromatic nitrogens is 1. The third-order valence-electron chi connectivity index (χ3n) is 6.70. The zero-order valence-electron chi connectivity index (χ0n) is 17.9. The lowest BCUT2D eigenvalue weighted by molar-refractivity contribution is 0.0663. The van der Waals surface area contributed by atoms with E-state index in [0.29, 0.717) is 18.6 Å². The van der Waals surface area contributed by atoms with Crippen molar-refractivity contribution in [2.45, 2.75) is 44.6 Å². The highest BCUT2D eigenvalue weighted by Crippen LogP contribution is 2.39. The molecular formula is C23H33N3O3. The van der Waals surface area contributed by atoms with Crippen molar-refractivity contribution in [3.05, 3.63) is 30.0 Å². The molecule has 0 unspecified atom stereocenters. The van der Waals surface area contributed by atoms with Gasteiger partial charge in [-0.1, -0.05) is 6.07 Å². The lowest BCUT2D eigenvalue weighted by Crippen LogP contribution is -2.48. The van der Waals surface area contributed by atoms with E-state index in [4.69, 9.17) is 9.47 Å². The van der Waals surface area contributed by atoms with Crippen molar-refractivity contribution in [1.82, 2.24) is 14.4 Å². The minimum absolute atomic E-state index is 0.158. The number of piperidine rings is 2. The summed E-state index contributed by atoms with van der Waals surface area (Å²) in [5, 5.41) is 1.28. The molecular weight excluding hydrogens is 366 g/mol. The number of likely N-dealkylation sites (tertiary alicyclic amines) is 2. The zero-order valence-corrected chi connectivity index (χ0v) is 17.9. The van der Waals surface area contributed by atoms with Gasteiger partial charge in [-0.05, 0) is 69.3 Å². The topological polar surface area (TPSA) is 46.9 Å². The number of rotatable bonds is 4. The van der Waals surface area contributed by atoms with Crippen LogP contribution in [0.3, 0.4) is 0 Å². The number of fused-ring (bicyclic) bond motifs is 1. The molecule has 6 nitrogen and oxygen atoms in total. The molecule has 0 atom stereocenters. The largest absolute Gasteiger partial charge is 0.496 e. The highest BCUT2D eigenvalue weighted by atomic mass is 16.6. The Balaban J connectivity index is 1.38. The molecule has 29 heavy (non-hydrogen) atoms. The van der Waals surface area contributed by atoms with E-state index < -0.39 is 0 Å². The summed E-state index contributed by atoms with van der Waals surface area (Å²) in [6.07, 6.45) is 6.59. The van der Waals surface area contributed by atoms with Crippen LogP contribution >= 0.6 is 0 Å². The van der Waals surface area contributed by atoms with E-state index in [1.807, 2.05) is 11.8 Å². The summed E-state index contributed by atoms with van der Waals surface area (Å²) in [5.74, 6) is 1.55. The van der Waals surface area contributed by atoms with Crippen LogP contribution in [0.4, 0.5) is 4.79 Å². The molecule has 2 aliphatic heterocycles. The SMILES string of the molecule is CCOC(=O)N1CCC(N2CCC(c3cn(C)c4cccc(OC)c34)CC2)CC1. The molecule has 2 saturated heterocycles. The van der Waals surface area contributed by atoms with Crippen molar-refractivity contribution in [2.75, 3.05) is 39.9 Å². The molecule has 0 spiro atoms. The molecule has 0 bridgehead atoms. The minimum Gasteiger partial charge on any atom is -0.496 e. The molecule has 0 aliphatic carbocycles. The summed E-state index contributed by atoms with van der Waals surface area (Å²) in [7, 11) is 3.88. The number of hydrogen-bond acceptors (Lipinski definition) is 4. The Bertz CT molecular complexity index is 846. The quantitative estimate of drug-likeness (QED) is 0.780. The first-order valence-electron chi connectivity index (χ1n) is 10.9. The summed E-state index contributed by atoms with van der Waals surface area (Å²) >= 11 is 0. The number of methoxy groups -OCH3 is 1. The molecule has 1 aromatic carbocycles. The third kappa shape index (κ3) is 3.95. The lowest BCUT2D eigenvalue weighted by Gasteiger charge is -2.41. The summed E-state index contributed by atoms with van der Waals surface area (Å²) in [5.41, 5.74) is 2.67. The maximum absolute atomic E-state index is 11.9. The molecule has 1 amide bonds. The van der Waals surface area contributed by atoms with Gasteiger partial charge in [0.15, 0.2) is 0 Å². The summed E-state index contributed by atoms with van der Waals surface area (Å²) < 4.78 is 13.0. The van der Waals surface area contributed by atoms with E-state index in [0.717, 1.165) is 44.8 Å². The predicted molar refractivity (Wildman–Crippen MR) is 115 cm³/mol. The van der Waals surface area contributed by atoms with Crippen molar-refractivity contribution >= 4 is 17.0 Å².